The van der Waals surface area contributed by atoms with Crippen molar-refractivity contribution in [3.63, 3.8) is 0 Å². The van der Waals surface area contributed by atoms with Crippen molar-refractivity contribution < 1.29 is 9.90 Å². The zero-order chi connectivity index (χ0) is 10.3. The standard InChI is InChI=1S/C9H4Cl2NO2/c10-5-3-4-1-2-12-8(4)7(11)6(5)9(13)14/h1,3,12H,(H,13,14). The van der Waals surface area contributed by atoms with E-state index < -0.39 is 5.97 Å². The van der Waals surface area contributed by atoms with Crippen molar-refractivity contribution in [1.82, 2.24) is 4.98 Å². The van der Waals surface area contributed by atoms with Gasteiger partial charge in [0.15, 0.2) is 0 Å². The first-order valence-electron chi connectivity index (χ1n) is 3.71. The van der Waals surface area contributed by atoms with E-state index in [0.717, 1.165) is 5.39 Å². The second-order valence-electron chi connectivity index (χ2n) is 2.73. The number of H-pyrrole nitrogens is 1. The highest BCUT2D eigenvalue weighted by molar-refractivity contribution is 6.42. The molecule has 0 atom stereocenters. The number of halogens is 2. The van der Waals surface area contributed by atoms with Crippen LogP contribution in [-0.4, -0.2) is 16.1 Å². The number of hydrogen-bond donors (Lipinski definition) is 2. The third-order valence-corrected chi connectivity index (χ3v) is 2.56. The Kier molecular flexibility index (Phi) is 2.13. The normalized spacial score (nSPS) is 10.7. The van der Waals surface area contributed by atoms with Crippen LogP contribution < -0.4 is 0 Å². The van der Waals surface area contributed by atoms with Gasteiger partial charge in [0.2, 0.25) is 0 Å². The molecule has 0 fully saturated rings. The fourth-order valence-corrected chi connectivity index (χ4v) is 1.94. The Morgan fingerprint density at radius 2 is 2.21 bits per heavy atom. The molecule has 0 spiro atoms. The van der Waals surface area contributed by atoms with Crippen LogP contribution in [0.3, 0.4) is 0 Å². The summed E-state index contributed by atoms with van der Waals surface area (Å²) in [5, 5.41) is 9.83. The Morgan fingerprint density at radius 3 is 2.86 bits per heavy atom. The highest BCUT2D eigenvalue weighted by Gasteiger charge is 2.17. The van der Waals surface area contributed by atoms with E-state index in [-0.39, 0.29) is 15.6 Å². The molecule has 1 aromatic carbocycles. The van der Waals surface area contributed by atoms with Crippen molar-refractivity contribution in [2.45, 2.75) is 0 Å². The average molecular weight is 229 g/mol. The van der Waals surface area contributed by atoms with Gasteiger partial charge in [-0.2, -0.15) is 0 Å². The van der Waals surface area contributed by atoms with E-state index >= 15 is 0 Å². The molecule has 2 rings (SSSR count). The lowest BCUT2D eigenvalue weighted by Crippen LogP contribution is -1.99. The van der Waals surface area contributed by atoms with E-state index in [9.17, 15) is 4.79 Å². The van der Waals surface area contributed by atoms with E-state index in [1.165, 1.54) is 0 Å². The number of aromatic nitrogens is 1. The molecule has 0 aliphatic rings. The molecule has 1 radical (unpaired) electrons. The summed E-state index contributed by atoms with van der Waals surface area (Å²) in [6.07, 6.45) is 2.71. The summed E-state index contributed by atoms with van der Waals surface area (Å²) in [7, 11) is 0. The third kappa shape index (κ3) is 1.25. The fraction of sp³-hybridized carbons (Fsp3) is 0. The summed E-state index contributed by atoms with van der Waals surface area (Å²) in [6, 6.07) is 3.19. The van der Waals surface area contributed by atoms with Gasteiger partial charge < -0.3 is 10.1 Å². The number of aromatic amines is 1. The fourth-order valence-electron chi connectivity index (χ4n) is 1.26. The second kappa shape index (κ2) is 3.19. The lowest BCUT2D eigenvalue weighted by Gasteiger charge is -2.02. The Bertz CT molecular complexity index is 519. The molecule has 0 saturated heterocycles. The zero-order valence-electron chi connectivity index (χ0n) is 6.77. The molecule has 0 aliphatic heterocycles. The van der Waals surface area contributed by atoms with Gasteiger partial charge in [0, 0.05) is 5.39 Å². The van der Waals surface area contributed by atoms with Crippen LogP contribution in [0.4, 0.5) is 0 Å². The van der Waals surface area contributed by atoms with Gasteiger partial charge in [-0.05, 0) is 12.1 Å². The molecule has 14 heavy (non-hydrogen) atoms. The number of carboxylic acid groups (broad SMARTS) is 1. The molecule has 71 valence electrons. The Morgan fingerprint density at radius 1 is 1.50 bits per heavy atom. The lowest BCUT2D eigenvalue weighted by molar-refractivity contribution is 0.0697. The smallest absolute Gasteiger partial charge is 0.338 e. The van der Waals surface area contributed by atoms with Crippen LogP contribution in [0, 0.1) is 6.20 Å². The molecule has 1 heterocycles. The van der Waals surface area contributed by atoms with Crippen LogP contribution in [0.5, 0.6) is 0 Å². The maximum atomic E-state index is 10.8. The Hall–Kier alpha value is -1.19. The van der Waals surface area contributed by atoms with Crippen LogP contribution in [0.15, 0.2) is 12.1 Å². The van der Waals surface area contributed by atoms with Crippen molar-refractivity contribution in [3.05, 3.63) is 33.9 Å². The van der Waals surface area contributed by atoms with E-state index in [1.54, 1.807) is 12.1 Å². The number of fused-ring (bicyclic) bond motifs is 1. The van der Waals surface area contributed by atoms with Crippen molar-refractivity contribution in [2.24, 2.45) is 0 Å². The minimum absolute atomic E-state index is 0.0864. The highest BCUT2D eigenvalue weighted by Crippen LogP contribution is 2.32. The van der Waals surface area contributed by atoms with Crippen LogP contribution in [0.2, 0.25) is 10.0 Å². The topological polar surface area (TPSA) is 53.1 Å². The number of carbonyl (C=O) groups is 1. The summed E-state index contributed by atoms with van der Waals surface area (Å²) < 4.78 is 0. The highest BCUT2D eigenvalue weighted by atomic mass is 35.5. The summed E-state index contributed by atoms with van der Waals surface area (Å²) >= 11 is 11.6. The molecular formula is C9H4Cl2NO2. The van der Waals surface area contributed by atoms with Gasteiger partial charge in [-0.1, -0.05) is 23.2 Å². The van der Waals surface area contributed by atoms with Gasteiger partial charge in [0.1, 0.15) is 0 Å². The minimum Gasteiger partial charge on any atom is -0.478 e. The molecular weight excluding hydrogens is 225 g/mol. The van der Waals surface area contributed by atoms with Crippen molar-refractivity contribution in [2.75, 3.05) is 0 Å². The molecule has 2 aromatic rings. The van der Waals surface area contributed by atoms with Gasteiger partial charge in [-0.3, -0.25) is 0 Å². The van der Waals surface area contributed by atoms with E-state index in [1.807, 2.05) is 0 Å². The van der Waals surface area contributed by atoms with Crippen LogP contribution in [-0.2, 0) is 0 Å². The molecule has 3 nitrogen and oxygen atoms in total. The maximum Gasteiger partial charge on any atom is 0.338 e. The van der Waals surface area contributed by atoms with Crippen molar-refractivity contribution >= 4 is 40.1 Å². The van der Waals surface area contributed by atoms with Gasteiger partial charge in [-0.25, -0.2) is 4.79 Å². The maximum absolute atomic E-state index is 10.8. The first-order valence-corrected chi connectivity index (χ1v) is 4.47. The molecule has 1 aromatic heterocycles. The predicted octanol–water partition coefficient (Wildman–Crippen LogP) is 2.97. The van der Waals surface area contributed by atoms with Gasteiger partial charge in [-0.15, -0.1) is 0 Å². The number of rotatable bonds is 1. The molecule has 0 bridgehead atoms. The quantitative estimate of drug-likeness (QED) is 0.789. The van der Waals surface area contributed by atoms with E-state index in [2.05, 4.69) is 11.2 Å². The molecule has 0 saturated carbocycles. The molecule has 5 heteroatoms. The molecule has 2 N–H and O–H groups in total. The number of benzene rings is 1. The van der Waals surface area contributed by atoms with Gasteiger partial charge >= 0.3 is 5.97 Å². The monoisotopic (exact) mass is 228 g/mol. The van der Waals surface area contributed by atoms with Gasteiger partial charge in [0.05, 0.1) is 27.3 Å². The molecule has 0 unspecified atom stereocenters. The number of hydrogen-bond acceptors (Lipinski definition) is 1. The van der Waals surface area contributed by atoms with Crippen molar-refractivity contribution in [1.29, 1.82) is 0 Å². The first kappa shape index (κ1) is 9.37. The molecule has 0 amide bonds. The van der Waals surface area contributed by atoms with Crippen LogP contribution >= 0.6 is 23.2 Å². The van der Waals surface area contributed by atoms with Crippen LogP contribution in [0.25, 0.3) is 10.9 Å². The number of carboxylic acids is 1. The summed E-state index contributed by atoms with van der Waals surface area (Å²) in [5.74, 6) is -1.14. The summed E-state index contributed by atoms with van der Waals surface area (Å²) in [5.41, 5.74) is 0.449. The largest absolute Gasteiger partial charge is 0.478 e. The predicted molar refractivity (Wildman–Crippen MR) is 54.1 cm³/mol. The van der Waals surface area contributed by atoms with Crippen LogP contribution in [0.1, 0.15) is 10.4 Å². The van der Waals surface area contributed by atoms with Crippen molar-refractivity contribution in [3.8, 4) is 0 Å². The molecule has 0 aliphatic carbocycles. The summed E-state index contributed by atoms with van der Waals surface area (Å²) in [6.45, 7) is 0. The van der Waals surface area contributed by atoms with E-state index in [4.69, 9.17) is 28.3 Å². The lowest BCUT2D eigenvalue weighted by atomic mass is 10.1. The van der Waals surface area contributed by atoms with E-state index in [0.29, 0.717) is 5.52 Å². The number of nitrogens with one attached hydrogen (secondary N) is 1. The minimum atomic E-state index is -1.14. The first-order chi connectivity index (χ1) is 6.61. The SMILES string of the molecule is O=C(O)c1c(Cl)cc2c[c][nH]c2c1Cl. The second-order valence-corrected chi connectivity index (χ2v) is 3.52. The zero-order valence-corrected chi connectivity index (χ0v) is 8.28. The average Bonchev–Trinajstić information content (AvgIpc) is 2.50. The summed E-state index contributed by atoms with van der Waals surface area (Å²) in [4.78, 5) is 13.5. The Balaban J connectivity index is 2.89. The number of aromatic carboxylic acids is 1. The Labute approximate surface area is 89.2 Å². The third-order valence-electron chi connectivity index (χ3n) is 1.89. The van der Waals surface area contributed by atoms with Gasteiger partial charge in [0.25, 0.3) is 0 Å².